The third kappa shape index (κ3) is 2.28. The lowest BCUT2D eigenvalue weighted by Gasteiger charge is -2.38. The highest BCUT2D eigenvalue weighted by atomic mass is 16.3. The van der Waals surface area contributed by atoms with Gasteiger partial charge in [0.05, 0.1) is 5.60 Å². The number of likely N-dealkylation sites (tertiary alicyclic amines) is 1. The fourth-order valence-corrected chi connectivity index (χ4v) is 2.46. The van der Waals surface area contributed by atoms with Gasteiger partial charge in [-0.1, -0.05) is 36.8 Å². The molecule has 1 aromatic carbocycles. The van der Waals surface area contributed by atoms with Crippen LogP contribution >= 0.6 is 0 Å². The number of aliphatic hydroxyl groups is 1. The Kier molecular flexibility index (Phi) is 3.31. The fourth-order valence-electron chi connectivity index (χ4n) is 2.46. The topological polar surface area (TPSA) is 23.5 Å². The van der Waals surface area contributed by atoms with Crippen molar-refractivity contribution in [3.8, 4) is 0 Å². The zero-order valence-electron chi connectivity index (χ0n) is 10.2. The van der Waals surface area contributed by atoms with Gasteiger partial charge in [0, 0.05) is 13.1 Å². The lowest BCUT2D eigenvalue weighted by atomic mass is 9.84. The first-order chi connectivity index (χ1) is 7.64. The second-order valence-electron chi connectivity index (χ2n) is 4.84. The first-order valence-electron chi connectivity index (χ1n) is 6.16. The third-order valence-electron chi connectivity index (χ3n) is 3.69. The first-order valence-corrected chi connectivity index (χ1v) is 6.16. The molecule has 0 spiro atoms. The molecule has 0 bridgehead atoms. The summed E-state index contributed by atoms with van der Waals surface area (Å²) in [4.78, 5) is 2.39. The van der Waals surface area contributed by atoms with Crippen LogP contribution in [0.1, 0.15) is 30.9 Å². The second-order valence-corrected chi connectivity index (χ2v) is 4.84. The van der Waals surface area contributed by atoms with E-state index in [9.17, 15) is 5.11 Å². The summed E-state index contributed by atoms with van der Waals surface area (Å²) in [6.07, 6.45) is 1.70. The van der Waals surface area contributed by atoms with Gasteiger partial charge in [-0.05, 0) is 31.9 Å². The molecule has 0 unspecified atom stereocenters. The number of hydrogen-bond acceptors (Lipinski definition) is 2. The van der Waals surface area contributed by atoms with Crippen molar-refractivity contribution in [3.05, 3.63) is 35.4 Å². The molecule has 1 fully saturated rings. The van der Waals surface area contributed by atoms with Crippen LogP contribution < -0.4 is 0 Å². The smallest absolute Gasteiger partial charge is 0.0921 e. The molecule has 1 heterocycles. The molecule has 2 heteroatoms. The Morgan fingerprint density at radius 1 is 1.31 bits per heavy atom. The summed E-state index contributed by atoms with van der Waals surface area (Å²) in [5.41, 5.74) is 1.71. The lowest BCUT2D eigenvalue weighted by molar-refractivity contribution is -0.0247. The molecule has 1 aliphatic heterocycles. The minimum Gasteiger partial charge on any atom is -0.385 e. The van der Waals surface area contributed by atoms with E-state index in [1.54, 1.807) is 0 Å². The molecule has 0 atom stereocenters. The number of benzene rings is 1. The van der Waals surface area contributed by atoms with E-state index in [0.29, 0.717) is 0 Å². The second kappa shape index (κ2) is 4.56. The summed E-state index contributed by atoms with van der Waals surface area (Å²) >= 11 is 0. The first kappa shape index (κ1) is 11.6. The minimum atomic E-state index is -0.600. The van der Waals surface area contributed by atoms with Crippen molar-refractivity contribution in [3.63, 3.8) is 0 Å². The van der Waals surface area contributed by atoms with Crippen LogP contribution in [-0.4, -0.2) is 29.6 Å². The molecular weight excluding hydrogens is 198 g/mol. The molecule has 1 N–H and O–H groups in total. The van der Waals surface area contributed by atoms with Crippen molar-refractivity contribution in [2.24, 2.45) is 0 Å². The van der Waals surface area contributed by atoms with E-state index in [4.69, 9.17) is 0 Å². The molecule has 0 aromatic heterocycles. The van der Waals surface area contributed by atoms with Crippen molar-refractivity contribution < 1.29 is 5.11 Å². The largest absolute Gasteiger partial charge is 0.385 e. The summed E-state index contributed by atoms with van der Waals surface area (Å²) in [6, 6.07) is 8.28. The molecular formula is C14H21NO. The monoisotopic (exact) mass is 219 g/mol. The summed E-state index contributed by atoms with van der Waals surface area (Å²) < 4.78 is 0. The molecule has 1 aliphatic rings. The van der Waals surface area contributed by atoms with Gasteiger partial charge in [0.2, 0.25) is 0 Å². The maximum atomic E-state index is 10.7. The van der Waals surface area contributed by atoms with E-state index < -0.39 is 5.60 Å². The highest BCUT2D eigenvalue weighted by Crippen LogP contribution is 2.32. The molecule has 0 radical (unpaired) electrons. The summed E-state index contributed by atoms with van der Waals surface area (Å²) in [5.74, 6) is 0. The molecule has 0 saturated carbocycles. The average molecular weight is 219 g/mol. The zero-order valence-corrected chi connectivity index (χ0v) is 10.2. The average Bonchev–Trinajstić information content (AvgIpc) is 2.30. The van der Waals surface area contributed by atoms with Gasteiger partial charge in [0.1, 0.15) is 0 Å². The molecule has 88 valence electrons. The van der Waals surface area contributed by atoms with Crippen LogP contribution in [-0.2, 0) is 5.60 Å². The third-order valence-corrected chi connectivity index (χ3v) is 3.69. The standard InChI is InChI=1S/C14H21NO/c1-3-15-9-7-14(16,8-10-15)13-6-4-5-12(2)11-13/h4-6,11,16H,3,7-10H2,1-2H3. The number of aryl methyl sites for hydroxylation is 1. The number of piperidine rings is 1. The van der Waals surface area contributed by atoms with Crippen LogP contribution in [0.5, 0.6) is 0 Å². The van der Waals surface area contributed by atoms with Gasteiger partial charge in [0.15, 0.2) is 0 Å². The van der Waals surface area contributed by atoms with E-state index in [2.05, 4.69) is 36.9 Å². The fraction of sp³-hybridized carbons (Fsp3) is 0.571. The van der Waals surface area contributed by atoms with E-state index in [1.165, 1.54) is 5.56 Å². The Balaban J connectivity index is 2.15. The minimum absolute atomic E-state index is 0.600. The number of hydrogen-bond donors (Lipinski definition) is 1. The van der Waals surface area contributed by atoms with Gasteiger partial charge in [-0.15, -0.1) is 0 Å². The van der Waals surface area contributed by atoms with Crippen LogP contribution in [0.15, 0.2) is 24.3 Å². The molecule has 0 amide bonds. The van der Waals surface area contributed by atoms with Crippen LogP contribution in [0.3, 0.4) is 0 Å². The molecule has 16 heavy (non-hydrogen) atoms. The predicted octanol–water partition coefficient (Wildman–Crippen LogP) is 2.30. The molecule has 1 aromatic rings. The maximum absolute atomic E-state index is 10.7. The van der Waals surface area contributed by atoms with E-state index >= 15 is 0 Å². The van der Waals surface area contributed by atoms with E-state index in [-0.39, 0.29) is 0 Å². The molecule has 2 rings (SSSR count). The van der Waals surface area contributed by atoms with Gasteiger partial charge >= 0.3 is 0 Å². The summed E-state index contributed by atoms with van der Waals surface area (Å²) in [5, 5.41) is 10.7. The van der Waals surface area contributed by atoms with Crippen LogP contribution in [0.4, 0.5) is 0 Å². The maximum Gasteiger partial charge on any atom is 0.0921 e. The normalized spacial score (nSPS) is 20.9. The molecule has 0 aliphatic carbocycles. The highest BCUT2D eigenvalue weighted by Gasteiger charge is 2.33. The highest BCUT2D eigenvalue weighted by molar-refractivity contribution is 5.28. The van der Waals surface area contributed by atoms with Gasteiger partial charge < -0.3 is 10.0 Å². The number of rotatable bonds is 2. The van der Waals surface area contributed by atoms with Crippen LogP contribution in [0.2, 0.25) is 0 Å². The van der Waals surface area contributed by atoms with Crippen LogP contribution in [0, 0.1) is 6.92 Å². The van der Waals surface area contributed by atoms with E-state index in [0.717, 1.165) is 38.0 Å². The lowest BCUT2D eigenvalue weighted by Crippen LogP contribution is -2.42. The quantitative estimate of drug-likeness (QED) is 0.825. The van der Waals surface area contributed by atoms with Crippen molar-refractivity contribution in [1.29, 1.82) is 0 Å². The van der Waals surface area contributed by atoms with Gasteiger partial charge in [0.25, 0.3) is 0 Å². The molecule has 2 nitrogen and oxygen atoms in total. The molecule has 1 saturated heterocycles. The zero-order chi connectivity index (χ0) is 11.6. The van der Waals surface area contributed by atoms with Gasteiger partial charge in [-0.3, -0.25) is 0 Å². The Hall–Kier alpha value is -0.860. The summed E-state index contributed by atoms with van der Waals surface area (Å²) in [7, 11) is 0. The van der Waals surface area contributed by atoms with E-state index in [1.807, 2.05) is 6.07 Å². The van der Waals surface area contributed by atoms with Crippen molar-refractivity contribution in [2.75, 3.05) is 19.6 Å². The summed E-state index contributed by atoms with van der Waals surface area (Å²) in [6.45, 7) is 7.34. The van der Waals surface area contributed by atoms with Gasteiger partial charge in [-0.25, -0.2) is 0 Å². The van der Waals surface area contributed by atoms with Gasteiger partial charge in [-0.2, -0.15) is 0 Å². The van der Waals surface area contributed by atoms with Crippen molar-refractivity contribution >= 4 is 0 Å². The van der Waals surface area contributed by atoms with Crippen LogP contribution in [0.25, 0.3) is 0 Å². The Labute approximate surface area is 97.9 Å². The SMILES string of the molecule is CCN1CCC(O)(c2cccc(C)c2)CC1. The number of nitrogens with zero attached hydrogens (tertiary/aromatic N) is 1. The predicted molar refractivity (Wildman–Crippen MR) is 66.4 cm³/mol. The Bertz CT molecular complexity index is 354. The van der Waals surface area contributed by atoms with Crippen molar-refractivity contribution in [1.82, 2.24) is 4.90 Å². The van der Waals surface area contributed by atoms with Crippen molar-refractivity contribution in [2.45, 2.75) is 32.3 Å². The Morgan fingerprint density at radius 2 is 2.00 bits per heavy atom. The Morgan fingerprint density at radius 3 is 2.56 bits per heavy atom.